The minimum atomic E-state index is -3.22. The third-order valence-electron chi connectivity index (χ3n) is 5.62. The van der Waals surface area contributed by atoms with Gasteiger partial charge in [0.1, 0.15) is 17.2 Å². The van der Waals surface area contributed by atoms with Crippen molar-refractivity contribution in [1.29, 1.82) is 0 Å². The number of ether oxygens (including phenoxy) is 1. The number of amides is 1. The van der Waals surface area contributed by atoms with Crippen LogP contribution in [0.2, 0.25) is 0 Å². The second-order valence-corrected chi connectivity index (χ2v) is 11.7. The van der Waals surface area contributed by atoms with E-state index in [2.05, 4.69) is 14.9 Å². The molecule has 2 aliphatic heterocycles. The molecule has 1 saturated heterocycles. The fourth-order valence-electron chi connectivity index (χ4n) is 3.98. The zero-order valence-corrected chi connectivity index (χ0v) is 20.2. The van der Waals surface area contributed by atoms with Crippen molar-refractivity contribution < 1.29 is 17.9 Å². The van der Waals surface area contributed by atoms with E-state index in [1.807, 2.05) is 26.0 Å². The predicted octanol–water partition coefficient (Wildman–Crippen LogP) is 3.68. The molecule has 0 saturated carbocycles. The number of rotatable bonds is 5. The Morgan fingerprint density at radius 1 is 1.12 bits per heavy atom. The first-order valence-electron chi connectivity index (χ1n) is 10.8. The van der Waals surface area contributed by atoms with Crippen LogP contribution in [0.1, 0.15) is 32.3 Å². The summed E-state index contributed by atoms with van der Waals surface area (Å²) in [7, 11) is -3.22. The quantitative estimate of drug-likeness (QED) is 0.604. The summed E-state index contributed by atoms with van der Waals surface area (Å²) < 4.78 is 28.8. The Hall–Kier alpha value is -2.33. The number of anilines is 2. The van der Waals surface area contributed by atoms with Crippen molar-refractivity contribution >= 4 is 39.2 Å². The van der Waals surface area contributed by atoms with Crippen LogP contribution in [0.25, 0.3) is 0 Å². The van der Waals surface area contributed by atoms with E-state index < -0.39 is 9.84 Å². The van der Waals surface area contributed by atoms with Crippen molar-refractivity contribution in [2.75, 3.05) is 30.8 Å². The van der Waals surface area contributed by atoms with E-state index in [0.29, 0.717) is 23.2 Å². The Kier molecular flexibility index (Phi) is 6.62. The van der Waals surface area contributed by atoms with Crippen LogP contribution in [-0.2, 0) is 21.0 Å². The minimum absolute atomic E-state index is 0.108. The van der Waals surface area contributed by atoms with Gasteiger partial charge in [0.2, 0.25) is 0 Å². The van der Waals surface area contributed by atoms with Gasteiger partial charge in [-0.25, -0.2) is 23.2 Å². The number of carbonyl (C=O) groups excluding carboxylic acids is 1. The number of benzene rings is 1. The van der Waals surface area contributed by atoms with Crippen LogP contribution in [0.4, 0.5) is 16.3 Å². The van der Waals surface area contributed by atoms with Crippen LogP contribution >= 0.6 is 11.8 Å². The molecule has 2 aromatic rings. The van der Waals surface area contributed by atoms with Gasteiger partial charge in [-0.05, 0) is 57.4 Å². The molecule has 3 heterocycles. The highest BCUT2D eigenvalue weighted by atomic mass is 32.2. The summed E-state index contributed by atoms with van der Waals surface area (Å²) in [6.07, 6.45) is 5.10. The van der Waals surface area contributed by atoms with Gasteiger partial charge >= 0.3 is 6.09 Å². The van der Waals surface area contributed by atoms with Crippen LogP contribution in [0, 0.1) is 0 Å². The lowest BCUT2D eigenvalue weighted by Crippen LogP contribution is -2.40. The second kappa shape index (κ2) is 9.27. The number of hydrogen-bond donors (Lipinski definition) is 0. The third-order valence-corrected chi connectivity index (χ3v) is 8.12. The molecule has 8 nitrogen and oxygen atoms in total. The average molecular weight is 477 g/mol. The van der Waals surface area contributed by atoms with Crippen LogP contribution in [0.15, 0.2) is 40.5 Å². The number of aromatic nitrogens is 2. The van der Waals surface area contributed by atoms with Gasteiger partial charge in [-0.3, -0.25) is 0 Å². The molecule has 0 N–H and O–H groups in total. The molecule has 1 fully saturated rings. The number of fused-ring (bicyclic) bond motifs is 1. The normalized spacial score (nSPS) is 17.0. The van der Waals surface area contributed by atoms with E-state index in [-0.39, 0.29) is 12.2 Å². The molecule has 0 unspecified atom stereocenters. The Labute approximate surface area is 193 Å². The number of sulfone groups is 1. The molecule has 2 aliphatic rings. The summed E-state index contributed by atoms with van der Waals surface area (Å²) in [4.78, 5) is 25.4. The fraction of sp³-hybridized carbons (Fsp3) is 0.500. The SMILES string of the molecule is CC(C)OC(=O)N1CCC(Sc2ncnc3c2CCN3c2ccc(S(C)(=O)=O)cc2)CC1. The fourth-order valence-corrected chi connectivity index (χ4v) is 5.82. The van der Waals surface area contributed by atoms with Crippen molar-refractivity contribution in [1.82, 2.24) is 14.9 Å². The summed E-state index contributed by atoms with van der Waals surface area (Å²) in [5.41, 5.74) is 2.05. The Morgan fingerprint density at radius 3 is 2.44 bits per heavy atom. The standard InChI is InChI=1S/C22H28N4O4S2/c1-15(2)30-22(27)25-11-8-17(9-12-25)31-21-19-10-13-26(20(19)23-14-24-21)16-4-6-18(7-5-16)32(3,28)29/h4-7,14-15,17H,8-13H2,1-3H3. The number of thioether (sulfide) groups is 1. The van der Waals surface area contributed by atoms with Gasteiger partial charge in [0.25, 0.3) is 0 Å². The number of carbonyl (C=O) groups is 1. The summed E-state index contributed by atoms with van der Waals surface area (Å²) in [6.45, 7) is 5.88. The molecule has 0 aliphatic carbocycles. The first-order valence-corrected chi connectivity index (χ1v) is 13.5. The van der Waals surface area contributed by atoms with Gasteiger partial charge in [-0.1, -0.05) is 0 Å². The third kappa shape index (κ3) is 5.01. The monoisotopic (exact) mass is 476 g/mol. The zero-order valence-electron chi connectivity index (χ0n) is 18.5. The molecule has 0 radical (unpaired) electrons. The second-order valence-electron chi connectivity index (χ2n) is 8.39. The van der Waals surface area contributed by atoms with Gasteiger partial charge in [-0.2, -0.15) is 0 Å². The summed E-state index contributed by atoms with van der Waals surface area (Å²) in [6, 6.07) is 6.92. The molecule has 1 aromatic heterocycles. The average Bonchev–Trinajstić information content (AvgIpc) is 3.18. The van der Waals surface area contributed by atoms with Gasteiger partial charge in [0.15, 0.2) is 9.84 Å². The zero-order chi connectivity index (χ0) is 22.9. The molecule has 10 heteroatoms. The Balaban J connectivity index is 1.43. The molecule has 32 heavy (non-hydrogen) atoms. The van der Waals surface area contributed by atoms with E-state index in [4.69, 9.17) is 4.74 Å². The van der Waals surface area contributed by atoms with Crippen molar-refractivity contribution in [3.8, 4) is 0 Å². The van der Waals surface area contributed by atoms with E-state index in [9.17, 15) is 13.2 Å². The van der Waals surface area contributed by atoms with Gasteiger partial charge in [0.05, 0.1) is 11.0 Å². The minimum Gasteiger partial charge on any atom is -0.447 e. The van der Waals surface area contributed by atoms with Gasteiger partial charge < -0.3 is 14.5 Å². The molecule has 0 bridgehead atoms. The van der Waals surface area contributed by atoms with E-state index in [1.165, 1.54) is 6.26 Å². The topological polar surface area (TPSA) is 92.7 Å². The first kappa shape index (κ1) is 22.8. The summed E-state index contributed by atoms with van der Waals surface area (Å²) in [5, 5.41) is 1.38. The first-order chi connectivity index (χ1) is 15.2. The van der Waals surface area contributed by atoms with Crippen molar-refractivity contribution in [3.63, 3.8) is 0 Å². The molecule has 172 valence electrons. The number of likely N-dealkylation sites (tertiary alicyclic amines) is 1. The molecule has 4 rings (SSSR count). The highest BCUT2D eigenvalue weighted by Gasteiger charge is 2.29. The highest BCUT2D eigenvalue weighted by Crippen LogP contribution is 2.39. The van der Waals surface area contributed by atoms with Gasteiger partial charge in [0, 0.05) is 42.4 Å². The van der Waals surface area contributed by atoms with Crippen molar-refractivity contribution in [2.24, 2.45) is 0 Å². The summed E-state index contributed by atoms with van der Waals surface area (Å²) in [5.74, 6) is 0.882. The van der Waals surface area contributed by atoms with Gasteiger partial charge in [-0.15, -0.1) is 11.8 Å². The molecular formula is C22H28N4O4S2. The molecule has 0 atom stereocenters. The summed E-state index contributed by atoms with van der Waals surface area (Å²) >= 11 is 1.76. The maximum absolute atomic E-state index is 12.1. The Bertz CT molecular complexity index is 1080. The Morgan fingerprint density at radius 2 is 1.81 bits per heavy atom. The maximum atomic E-state index is 12.1. The van der Waals surface area contributed by atoms with Crippen LogP contribution in [-0.4, -0.2) is 66.6 Å². The predicted molar refractivity (Wildman–Crippen MR) is 124 cm³/mol. The number of hydrogen-bond acceptors (Lipinski definition) is 8. The smallest absolute Gasteiger partial charge is 0.410 e. The van der Waals surface area contributed by atoms with Crippen LogP contribution < -0.4 is 4.90 Å². The van der Waals surface area contributed by atoms with Crippen LogP contribution in [0.5, 0.6) is 0 Å². The lowest BCUT2D eigenvalue weighted by molar-refractivity contribution is 0.0717. The molecule has 1 amide bonds. The molecule has 1 aromatic carbocycles. The lowest BCUT2D eigenvalue weighted by Gasteiger charge is -2.31. The highest BCUT2D eigenvalue weighted by molar-refractivity contribution is 7.99. The van der Waals surface area contributed by atoms with Crippen molar-refractivity contribution in [2.45, 2.75) is 54.4 Å². The largest absolute Gasteiger partial charge is 0.447 e. The van der Waals surface area contributed by atoms with Crippen molar-refractivity contribution in [3.05, 3.63) is 36.2 Å². The molecular weight excluding hydrogens is 448 g/mol. The van der Waals surface area contributed by atoms with E-state index in [0.717, 1.165) is 47.9 Å². The van der Waals surface area contributed by atoms with E-state index in [1.54, 1.807) is 35.1 Å². The lowest BCUT2D eigenvalue weighted by atomic mass is 10.1. The number of nitrogens with zero attached hydrogens (tertiary/aromatic N) is 4. The number of piperidine rings is 1. The maximum Gasteiger partial charge on any atom is 0.410 e. The molecule has 0 spiro atoms. The van der Waals surface area contributed by atoms with E-state index >= 15 is 0 Å². The van der Waals surface area contributed by atoms with Crippen LogP contribution in [0.3, 0.4) is 0 Å².